The van der Waals surface area contributed by atoms with Crippen molar-refractivity contribution in [1.82, 2.24) is 0 Å². The normalized spacial score (nSPS) is 21.9. The highest BCUT2D eigenvalue weighted by atomic mass is 35.5. The van der Waals surface area contributed by atoms with Crippen LogP contribution < -0.4 is 23.8 Å². The van der Waals surface area contributed by atoms with Crippen molar-refractivity contribution in [2.24, 2.45) is 0 Å². The molecule has 0 spiro atoms. The van der Waals surface area contributed by atoms with Gasteiger partial charge in [-0.2, -0.15) is 4.58 Å². The molecule has 0 bridgehead atoms. The number of benzene rings is 2. The lowest BCUT2D eigenvalue weighted by atomic mass is 9.81. The van der Waals surface area contributed by atoms with Gasteiger partial charge in [0, 0.05) is 52.5 Å². The molecule has 0 unspecified atom stereocenters. The largest absolute Gasteiger partial charge is 0.454 e. The number of allylic oxidation sites excluding steroid dienone is 8. The molecule has 242 valence electrons. The van der Waals surface area contributed by atoms with Crippen molar-refractivity contribution in [3.8, 4) is 23.0 Å². The zero-order valence-electron chi connectivity index (χ0n) is 28.1. The SMILES string of the molecule is CCCCN1/C(=C\C=C2/CCC(/C=C/C3=[N+](CCCC)c4cc5c(cc4C3(C)C)OCO5)=C2Cl)C(C)(C)c2cc3c(cc21)OCO3. The highest BCUT2D eigenvalue weighted by Gasteiger charge is 2.46. The van der Waals surface area contributed by atoms with E-state index in [1.165, 1.54) is 45.1 Å². The van der Waals surface area contributed by atoms with Crippen LogP contribution in [-0.2, 0) is 10.8 Å². The molecule has 6 nitrogen and oxygen atoms in total. The molecule has 5 aliphatic rings. The lowest BCUT2D eigenvalue weighted by Gasteiger charge is -2.27. The van der Waals surface area contributed by atoms with Crippen molar-refractivity contribution in [3.63, 3.8) is 0 Å². The molecular formula is C39H46ClN2O4+. The molecule has 4 heterocycles. The molecule has 4 aliphatic heterocycles. The first kappa shape index (κ1) is 31.0. The first-order valence-electron chi connectivity index (χ1n) is 16.9. The zero-order valence-corrected chi connectivity index (χ0v) is 28.9. The summed E-state index contributed by atoms with van der Waals surface area (Å²) in [6.07, 6.45) is 15.5. The van der Waals surface area contributed by atoms with Crippen LogP contribution in [0, 0.1) is 0 Å². The molecule has 2 aromatic carbocycles. The summed E-state index contributed by atoms with van der Waals surface area (Å²) in [7, 11) is 0. The van der Waals surface area contributed by atoms with Crippen molar-refractivity contribution >= 4 is 28.7 Å². The Labute approximate surface area is 278 Å². The van der Waals surface area contributed by atoms with E-state index in [2.05, 4.69) is 99.6 Å². The number of anilines is 1. The molecule has 0 amide bonds. The van der Waals surface area contributed by atoms with E-state index in [4.69, 9.17) is 30.5 Å². The minimum Gasteiger partial charge on any atom is -0.454 e. The Balaban J connectivity index is 1.20. The van der Waals surface area contributed by atoms with Crippen molar-refractivity contribution in [1.29, 1.82) is 0 Å². The third-order valence-corrected chi connectivity index (χ3v) is 10.8. The summed E-state index contributed by atoms with van der Waals surface area (Å²) in [5.41, 5.74) is 9.61. The van der Waals surface area contributed by atoms with Crippen LogP contribution in [0.4, 0.5) is 11.4 Å². The van der Waals surface area contributed by atoms with Gasteiger partial charge in [-0.25, -0.2) is 0 Å². The van der Waals surface area contributed by atoms with E-state index in [1.807, 2.05) is 0 Å². The fourth-order valence-corrected chi connectivity index (χ4v) is 7.91. The van der Waals surface area contributed by atoms with E-state index in [1.54, 1.807) is 0 Å². The van der Waals surface area contributed by atoms with Crippen LogP contribution in [0.3, 0.4) is 0 Å². The summed E-state index contributed by atoms with van der Waals surface area (Å²) in [4.78, 5) is 2.47. The van der Waals surface area contributed by atoms with Crippen molar-refractivity contribution < 1.29 is 23.5 Å². The molecule has 7 heteroatoms. The summed E-state index contributed by atoms with van der Waals surface area (Å²) in [6, 6.07) is 8.67. The van der Waals surface area contributed by atoms with E-state index < -0.39 is 0 Å². The van der Waals surface area contributed by atoms with Gasteiger partial charge in [-0.15, -0.1) is 0 Å². The molecule has 7 rings (SSSR count). The van der Waals surface area contributed by atoms with Gasteiger partial charge >= 0.3 is 0 Å². The Bertz CT molecular complexity index is 1740. The van der Waals surface area contributed by atoms with Gasteiger partial charge in [0.05, 0.1) is 11.5 Å². The number of nitrogens with zero attached hydrogens (tertiary/aromatic N) is 2. The zero-order chi connectivity index (χ0) is 32.2. The van der Waals surface area contributed by atoms with Gasteiger partial charge in [0.2, 0.25) is 19.3 Å². The molecule has 0 saturated heterocycles. The monoisotopic (exact) mass is 641 g/mol. The van der Waals surface area contributed by atoms with Crippen molar-refractivity contribution in [3.05, 3.63) is 81.6 Å². The van der Waals surface area contributed by atoms with Crippen LogP contribution in [-0.4, -0.2) is 37.0 Å². The van der Waals surface area contributed by atoms with Crippen LogP contribution >= 0.6 is 11.6 Å². The van der Waals surface area contributed by atoms with Crippen molar-refractivity contribution in [2.45, 2.75) is 90.9 Å². The summed E-state index contributed by atoms with van der Waals surface area (Å²) in [6.45, 7) is 16.2. The van der Waals surface area contributed by atoms with E-state index >= 15 is 0 Å². The van der Waals surface area contributed by atoms with E-state index in [-0.39, 0.29) is 24.4 Å². The standard InChI is InChI=1S/C39H46ClN2O4/c1-7-9-17-41-29-21-33-31(43-23-45-33)19-27(29)38(3,4)35(41)15-13-25-11-12-26(37(25)40)14-16-36-39(5,6)28-20-32-34(46-24-44-32)22-30(28)42(36)18-10-8-2/h13-16,19-22H,7-12,17-18,23-24H2,1-6H3/q+1. The van der Waals surface area contributed by atoms with Gasteiger partial charge in [0.25, 0.3) is 0 Å². The van der Waals surface area contributed by atoms with Gasteiger partial charge in [0.1, 0.15) is 6.54 Å². The summed E-state index contributed by atoms with van der Waals surface area (Å²) < 4.78 is 25.5. The highest BCUT2D eigenvalue weighted by molar-refractivity contribution is 6.33. The maximum Gasteiger partial charge on any atom is 0.231 e. The molecule has 1 aliphatic carbocycles. The smallest absolute Gasteiger partial charge is 0.231 e. The van der Waals surface area contributed by atoms with E-state index in [9.17, 15) is 0 Å². The number of fused-ring (bicyclic) bond motifs is 4. The minimum absolute atomic E-state index is 0.170. The first-order chi connectivity index (χ1) is 22.1. The Morgan fingerprint density at radius 2 is 1.43 bits per heavy atom. The van der Waals surface area contributed by atoms with E-state index in [0.717, 1.165) is 79.6 Å². The molecule has 0 N–H and O–H groups in total. The third-order valence-electron chi connectivity index (χ3n) is 10.4. The molecule has 0 atom stereocenters. The minimum atomic E-state index is -0.170. The Hall–Kier alpha value is -3.64. The molecule has 0 radical (unpaired) electrons. The number of ether oxygens (including phenoxy) is 4. The fraction of sp³-hybridized carbons (Fsp3) is 0.462. The summed E-state index contributed by atoms with van der Waals surface area (Å²) in [5, 5.41) is 0.872. The van der Waals surface area contributed by atoms with Crippen molar-refractivity contribution in [2.75, 3.05) is 31.6 Å². The van der Waals surface area contributed by atoms with Gasteiger partial charge in [-0.1, -0.05) is 64.3 Å². The van der Waals surface area contributed by atoms with Crippen LogP contribution in [0.25, 0.3) is 0 Å². The number of hydrogen-bond acceptors (Lipinski definition) is 5. The summed E-state index contributed by atoms with van der Waals surface area (Å²) in [5.74, 6) is 3.34. The Morgan fingerprint density at radius 1 is 0.783 bits per heavy atom. The van der Waals surface area contributed by atoms with Crippen LogP contribution in [0.1, 0.15) is 91.2 Å². The second-order valence-electron chi connectivity index (χ2n) is 14.0. The second kappa shape index (κ2) is 11.9. The quantitative estimate of drug-likeness (QED) is 0.255. The lowest BCUT2D eigenvalue weighted by Crippen LogP contribution is -2.28. The Morgan fingerprint density at radius 3 is 2.13 bits per heavy atom. The first-order valence-corrected chi connectivity index (χ1v) is 17.3. The fourth-order valence-electron chi connectivity index (χ4n) is 7.60. The number of rotatable bonds is 9. The molecule has 0 saturated carbocycles. The average Bonchev–Trinajstić information content (AvgIpc) is 3.83. The topological polar surface area (TPSA) is 43.2 Å². The Kier molecular flexibility index (Phi) is 7.99. The van der Waals surface area contributed by atoms with Gasteiger partial charge < -0.3 is 23.8 Å². The maximum atomic E-state index is 7.14. The highest BCUT2D eigenvalue weighted by Crippen LogP contribution is 2.53. The second-order valence-corrected chi connectivity index (χ2v) is 14.4. The maximum absolute atomic E-state index is 7.14. The lowest BCUT2D eigenvalue weighted by molar-refractivity contribution is -0.438. The van der Waals surface area contributed by atoms with Gasteiger partial charge in [-0.05, 0) is 68.0 Å². The van der Waals surface area contributed by atoms with E-state index in [0.29, 0.717) is 0 Å². The molecule has 0 aromatic heterocycles. The predicted molar refractivity (Wildman–Crippen MR) is 186 cm³/mol. The molecule has 46 heavy (non-hydrogen) atoms. The van der Waals surface area contributed by atoms with Crippen LogP contribution in [0.5, 0.6) is 23.0 Å². The number of halogens is 1. The molecule has 0 fully saturated rings. The average molecular weight is 642 g/mol. The molecule has 2 aromatic rings. The van der Waals surface area contributed by atoms with Crippen LogP contribution in [0.2, 0.25) is 0 Å². The van der Waals surface area contributed by atoms with Gasteiger partial charge in [-0.3, -0.25) is 0 Å². The number of unbranched alkanes of at least 4 members (excludes halogenated alkanes) is 2. The van der Waals surface area contributed by atoms with Crippen LogP contribution in [0.15, 0.2) is 70.4 Å². The molecular weight excluding hydrogens is 596 g/mol. The predicted octanol–water partition coefficient (Wildman–Crippen LogP) is 9.57. The summed E-state index contributed by atoms with van der Waals surface area (Å²) >= 11 is 7.14. The number of hydrogen-bond donors (Lipinski definition) is 0. The third kappa shape index (κ3) is 5.04. The van der Waals surface area contributed by atoms with Gasteiger partial charge in [0.15, 0.2) is 28.7 Å².